The number of aromatic nitrogens is 2. The maximum Gasteiger partial charge on any atom is 0.254 e. The standard InChI is InChI=1S/C15H17N5O/c1-9-6-4-5-7-10(9)12-14(21)19(2)11-8-17-15(16)18-13(11)20(12)3/h4-8,12H,1-3H3,(H2,16,17,18). The van der Waals surface area contributed by atoms with Gasteiger partial charge in [-0.1, -0.05) is 24.3 Å². The van der Waals surface area contributed by atoms with E-state index in [2.05, 4.69) is 9.97 Å². The number of nitrogens with two attached hydrogens (primary N) is 1. The van der Waals surface area contributed by atoms with Gasteiger partial charge in [-0.05, 0) is 18.1 Å². The van der Waals surface area contributed by atoms with Crippen LogP contribution in [-0.2, 0) is 4.79 Å². The van der Waals surface area contributed by atoms with Crippen LogP contribution < -0.4 is 15.5 Å². The number of carbonyl (C=O) groups is 1. The highest BCUT2D eigenvalue weighted by Gasteiger charge is 2.37. The summed E-state index contributed by atoms with van der Waals surface area (Å²) in [6.07, 6.45) is 1.58. The van der Waals surface area contributed by atoms with Gasteiger partial charge in [-0.15, -0.1) is 0 Å². The van der Waals surface area contributed by atoms with Gasteiger partial charge < -0.3 is 15.5 Å². The molecular weight excluding hydrogens is 266 g/mol. The minimum Gasteiger partial charge on any atom is -0.368 e. The number of rotatable bonds is 1. The van der Waals surface area contributed by atoms with Crippen molar-refractivity contribution in [3.05, 3.63) is 41.6 Å². The molecule has 1 unspecified atom stereocenters. The van der Waals surface area contributed by atoms with Gasteiger partial charge in [0, 0.05) is 14.1 Å². The number of aryl methyl sites for hydroxylation is 1. The van der Waals surface area contributed by atoms with E-state index >= 15 is 0 Å². The zero-order valence-corrected chi connectivity index (χ0v) is 12.2. The fourth-order valence-electron chi connectivity index (χ4n) is 2.70. The SMILES string of the molecule is Cc1ccccc1C1C(=O)N(C)c2cnc(N)nc2N1C. The van der Waals surface area contributed by atoms with E-state index in [1.807, 2.05) is 43.1 Å². The van der Waals surface area contributed by atoms with E-state index in [1.54, 1.807) is 18.1 Å². The number of hydrogen-bond donors (Lipinski definition) is 1. The summed E-state index contributed by atoms with van der Waals surface area (Å²) in [6.45, 7) is 2.00. The van der Waals surface area contributed by atoms with Crippen molar-refractivity contribution in [2.45, 2.75) is 13.0 Å². The van der Waals surface area contributed by atoms with E-state index in [1.165, 1.54) is 0 Å². The molecule has 2 N–H and O–H groups in total. The summed E-state index contributed by atoms with van der Waals surface area (Å²) in [4.78, 5) is 24.4. The second-order valence-electron chi connectivity index (χ2n) is 5.20. The summed E-state index contributed by atoms with van der Waals surface area (Å²) in [7, 11) is 3.59. The predicted molar refractivity (Wildman–Crippen MR) is 82.2 cm³/mol. The number of likely N-dealkylation sites (N-methyl/N-ethyl adjacent to an activating group) is 2. The zero-order chi connectivity index (χ0) is 15.1. The largest absolute Gasteiger partial charge is 0.368 e. The van der Waals surface area contributed by atoms with Crippen LogP contribution in [0.25, 0.3) is 0 Å². The number of hydrogen-bond acceptors (Lipinski definition) is 5. The van der Waals surface area contributed by atoms with Crippen LogP contribution in [0.1, 0.15) is 17.2 Å². The first kappa shape index (κ1) is 13.4. The van der Waals surface area contributed by atoms with Crippen molar-refractivity contribution in [1.82, 2.24) is 9.97 Å². The van der Waals surface area contributed by atoms with E-state index < -0.39 is 6.04 Å². The Hall–Kier alpha value is -2.63. The third-order valence-electron chi connectivity index (χ3n) is 3.90. The lowest BCUT2D eigenvalue weighted by Crippen LogP contribution is -2.45. The van der Waals surface area contributed by atoms with Crippen LogP contribution in [0.4, 0.5) is 17.5 Å². The average Bonchev–Trinajstić information content (AvgIpc) is 2.47. The van der Waals surface area contributed by atoms with Crippen molar-refractivity contribution in [3.8, 4) is 0 Å². The fourth-order valence-corrected chi connectivity index (χ4v) is 2.70. The Kier molecular flexibility index (Phi) is 3.01. The fraction of sp³-hybridized carbons (Fsp3) is 0.267. The maximum absolute atomic E-state index is 12.7. The minimum absolute atomic E-state index is 0.00679. The molecule has 0 aliphatic carbocycles. The molecule has 1 aromatic heterocycles. The van der Waals surface area contributed by atoms with Gasteiger partial charge in [-0.25, -0.2) is 4.98 Å². The van der Waals surface area contributed by atoms with Crippen LogP contribution in [-0.4, -0.2) is 30.0 Å². The number of anilines is 3. The van der Waals surface area contributed by atoms with Gasteiger partial charge in [0.15, 0.2) is 5.82 Å². The predicted octanol–water partition coefficient (Wildman–Crippen LogP) is 1.52. The molecule has 1 amide bonds. The Balaban J connectivity index is 2.16. The average molecular weight is 283 g/mol. The molecule has 108 valence electrons. The number of fused-ring (bicyclic) bond motifs is 1. The Morgan fingerprint density at radius 1 is 1.24 bits per heavy atom. The van der Waals surface area contributed by atoms with Crippen molar-refractivity contribution in [2.24, 2.45) is 0 Å². The topological polar surface area (TPSA) is 75.3 Å². The number of amides is 1. The molecule has 1 aromatic carbocycles. The van der Waals surface area contributed by atoms with Crippen LogP contribution >= 0.6 is 0 Å². The molecule has 1 atom stereocenters. The van der Waals surface area contributed by atoms with Crippen molar-refractivity contribution >= 4 is 23.4 Å². The second-order valence-corrected chi connectivity index (χ2v) is 5.20. The van der Waals surface area contributed by atoms with Crippen LogP contribution in [0.5, 0.6) is 0 Å². The number of carbonyl (C=O) groups excluding carboxylic acids is 1. The highest BCUT2D eigenvalue weighted by molar-refractivity contribution is 6.04. The molecule has 1 aliphatic heterocycles. The first-order valence-electron chi connectivity index (χ1n) is 6.69. The van der Waals surface area contributed by atoms with Crippen molar-refractivity contribution < 1.29 is 4.79 Å². The molecule has 0 saturated heterocycles. The molecule has 6 nitrogen and oxygen atoms in total. The highest BCUT2D eigenvalue weighted by atomic mass is 16.2. The molecule has 0 saturated carbocycles. The second kappa shape index (κ2) is 4.73. The Bertz CT molecular complexity index is 715. The molecule has 2 heterocycles. The van der Waals surface area contributed by atoms with E-state index in [0.717, 1.165) is 11.1 Å². The van der Waals surface area contributed by atoms with Crippen LogP contribution in [0.3, 0.4) is 0 Å². The lowest BCUT2D eigenvalue weighted by Gasteiger charge is -2.38. The third-order valence-corrected chi connectivity index (χ3v) is 3.90. The molecule has 0 fully saturated rings. The Morgan fingerprint density at radius 3 is 2.67 bits per heavy atom. The van der Waals surface area contributed by atoms with Crippen molar-refractivity contribution in [2.75, 3.05) is 29.6 Å². The lowest BCUT2D eigenvalue weighted by molar-refractivity contribution is -0.120. The molecule has 2 aromatic rings. The first-order valence-corrected chi connectivity index (χ1v) is 6.69. The number of nitrogens with zero attached hydrogens (tertiary/aromatic N) is 4. The first-order chi connectivity index (χ1) is 10.0. The van der Waals surface area contributed by atoms with Gasteiger partial charge >= 0.3 is 0 Å². The summed E-state index contributed by atoms with van der Waals surface area (Å²) in [6, 6.07) is 7.47. The lowest BCUT2D eigenvalue weighted by atomic mass is 9.97. The van der Waals surface area contributed by atoms with Gasteiger partial charge in [0.25, 0.3) is 5.91 Å². The van der Waals surface area contributed by atoms with Crippen molar-refractivity contribution in [3.63, 3.8) is 0 Å². The minimum atomic E-state index is -0.405. The Labute approximate surface area is 123 Å². The molecular formula is C15H17N5O. The molecule has 21 heavy (non-hydrogen) atoms. The monoisotopic (exact) mass is 283 g/mol. The molecule has 0 radical (unpaired) electrons. The highest BCUT2D eigenvalue weighted by Crippen LogP contribution is 2.39. The number of benzene rings is 1. The summed E-state index contributed by atoms with van der Waals surface area (Å²) in [5, 5.41) is 0. The maximum atomic E-state index is 12.7. The molecule has 6 heteroatoms. The number of nitrogen functional groups attached to an aromatic ring is 1. The van der Waals surface area contributed by atoms with E-state index in [4.69, 9.17) is 5.73 Å². The van der Waals surface area contributed by atoms with Crippen molar-refractivity contribution in [1.29, 1.82) is 0 Å². The Morgan fingerprint density at radius 2 is 1.95 bits per heavy atom. The van der Waals surface area contributed by atoms with Gasteiger partial charge in [-0.2, -0.15) is 4.98 Å². The van der Waals surface area contributed by atoms with E-state index in [9.17, 15) is 4.79 Å². The van der Waals surface area contributed by atoms with Crippen LogP contribution in [0.15, 0.2) is 30.5 Å². The van der Waals surface area contributed by atoms with E-state index in [-0.39, 0.29) is 11.9 Å². The molecule has 0 bridgehead atoms. The molecule has 3 rings (SSSR count). The van der Waals surface area contributed by atoms with Gasteiger partial charge in [0.1, 0.15) is 11.7 Å². The van der Waals surface area contributed by atoms with Gasteiger partial charge in [0.05, 0.1) is 6.20 Å². The normalized spacial score (nSPS) is 17.9. The zero-order valence-electron chi connectivity index (χ0n) is 12.2. The summed E-state index contributed by atoms with van der Waals surface area (Å²) < 4.78 is 0. The quantitative estimate of drug-likeness (QED) is 0.859. The van der Waals surface area contributed by atoms with Gasteiger partial charge in [-0.3, -0.25) is 4.79 Å². The van der Waals surface area contributed by atoms with Crippen LogP contribution in [0, 0.1) is 6.92 Å². The smallest absolute Gasteiger partial charge is 0.254 e. The van der Waals surface area contributed by atoms with E-state index in [0.29, 0.717) is 11.5 Å². The third kappa shape index (κ3) is 1.99. The van der Waals surface area contributed by atoms with Crippen LogP contribution in [0.2, 0.25) is 0 Å². The summed E-state index contributed by atoms with van der Waals surface area (Å²) in [5.74, 6) is 0.859. The molecule has 0 spiro atoms. The molecule has 1 aliphatic rings. The summed E-state index contributed by atoms with van der Waals surface area (Å²) in [5.41, 5.74) is 8.40. The van der Waals surface area contributed by atoms with Gasteiger partial charge in [0.2, 0.25) is 5.95 Å². The summed E-state index contributed by atoms with van der Waals surface area (Å²) >= 11 is 0.